The van der Waals surface area contributed by atoms with E-state index in [0.29, 0.717) is 18.3 Å². The van der Waals surface area contributed by atoms with Gasteiger partial charge in [0.25, 0.3) is 0 Å². The summed E-state index contributed by atoms with van der Waals surface area (Å²) in [6, 6.07) is 8.28. The van der Waals surface area contributed by atoms with Crippen LogP contribution in [0.15, 0.2) is 35.7 Å². The highest BCUT2D eigenvalue weighted by atomic mass is 32.2. The summed E-state index contributed by atoms with van der Waals surface area (Å²) in [5, 5.41) is 8.88. The van der Waals surface area contributed by atoms with Crippen LogP contribution in [0, 0.1) is 0 Å². The Morgan fingerprint density at radius 1 is 1.48 bits per heavy atom. The number of ether oxygens (including phenoxy) is 1. The smallest absolute Gasteiger partial charge is 0.233 e. The van der Waals surface area contributed by atoms with E-state index >= 15 is 0 Å². The molecule has 0 atom stereocenters. The summed E-state index contributed by atoms with van der Waals surface area (Å²) in [6.45, 7) is 0.561. The van der Waals surface area contributed by atoms with Crippen molar-refractivity contribution in [1.82, 2.24) is 19.7 Å². The molecule has 0 aliphatic heterocycles. The molecule has 7 heteroatoms. The Kier molecular flexibility index (Phi) is 4.85. The number of carbonyl (C=O) groups is 1. The second kappa shape index (κ2) is 7.04. The number of hydrogen-bond donors (Lipinski definition) is 0. The second-order valence-corrected chi connectivity index (χ2v) is 6.58. The molecule has 1 fully saturated rings. The molecule has 0 spiro atoms. The normalized spacial score (nSPS) is 13.8. The van der Waals surface area contributed by atoms with E-state index in [-0.39, 0.29) is 5.91 Å². The van der Waals surface area contributed by atoms with Gasteiger partial charge in [-0.2, -0.15) is 0 Å². The number of thioether (sulfide) groups is 1. The SMILES string of the molecule is COc1cccc(CN(C)C(=O)CSc2nncn2C2CC2)c1. The lowest BCUT2D eigenvalue weighted by molar-refractivity contribution is -0.127. The molecule has 1 aliphatic carbocycles. The number of carbonyl (C=O) groups excluding carboxylic acids is 1. The molecular weight excluding hydrogens is 312 g/mol. The van der Waals surface area contributed by atoms with Crippen LogP contribution in [0.5, 0.6) is 5.75 Å². The topological polar surface area (TPSA) is 60.2 Å². The third-order valence-electron chi connectivity index (χ3n) is 3.78. The summed E-state index contributed by atoms with van der Waals surface area (Å²) >= 11 is 1.45. The molecular formula is C16H20N4O2S. The van der Waals surface area contributed by atoms with Crippen molar-refractivity contribution in [2.24, 2.45) is 0 Å². The molecule has 6 nitrogen and oxygen atoms in total. The zero-order chi connectivity index (χ0) is 16.2. The maximum absolute atomic E-state index is 12.3. The fourth-order valence-corrected chi connectivity index (χ4v) is 3.23. The van der Waals surface area contributed by atoms with E-state index in [2.05, 4.69) is 14.8 Å². The number of rotatable bonds is 7. The molecule has 0 N–H and O–H groups in total. The van der Waals surface area contributed by atoms with Crippen molar-refractivity contribution in [3.63, 3.8) is 0 Å². The Morgan fingerprint density at radius 2 is 2.30 bits per heavy atom. The third-order valence-corrected chi connectivity index (χ3v) is 4.73. The van der Waals surface area contributed by atoms with Gasteiger partial charge in [-0.05, 0) is 30.5 Å². The standard InChI is InChI=1S/C16H20N4O2S/c1-19(9-12-4-3-5-14(8-12)22-2)15(21)10-23-16-18-17-11-20(16)13-6-7-13/h3-5,8,11,13H,6-7,9-10H2,1-2H3. The van der Waals surface area contributed by atoms with Gasteiger partial charge in [0, 0.05) is 19.6 Å². The summed E-state index contributed by atoms with van der Waals surface area (Å²) in [4.78, 5) is 14.0. The summed E-state index contributed by atoms with van der Waals surface area (Å²) in [5.74, 6) is 1.24. The molecule has 0 saturated heterocycles. The summed E-state index contributed by atoms with van der Waals surface area (Å²) in [7, 11) is 3.45. The molecule has 0 unspecified atom stereocenters. The molecule has 1 aliphatic rings. The molecule has 1 aromatic heterocycles. The van der Waals surface area contributed by atoms with Crippen LogP contribution < -0.4 is 4.74 Å². The van der Waals surface area contributed by atoms with Gasteiger partial charge >= 0.3 is 0 Å². The van der Waals surface area contributed by atoms with Gasteiger partial charge in [0.2, 0.25) is 5.91 Å². The minimum Gasteiger partial charge on any atom is -0.497 e. The Balaban J connectivity index is 1.53. The van der Waals surface area contributed by atoms with Crippen molar-refractivity contribution in [3.05, 3.63) is 36.2 Å². The van der Waals surface area contributed by atoms with Gasteiger partial charge in [-0.15, -0.1) is 10.2 Å². The Hall–Kier alpha value is -2.02. The molecule has 122 valence electrons. The highest BCUT2D eigenvalue weighted by Crippen LogP contribution is 2.37. The first-order valence-electron chi connectivity index (χ1n) is 7.56. The zero-order valence-electron chi connectivity index (χ0n) is 13.3. The Morgan fingerprint density at radius 3 is 3.04 bits per heavy atom. The van der Waals surface area contributed by atoms with Crippen LogP contribution in [-0.4, -0.2) is 45.5 Å². The van der Waals surface area contributed by atoms with Crippen molar-refractivity contribution in [1.29, 1.82) is 0 Å². The molecule has 0 radical (unpaired) electrons. The van der Waals surface area contributed by atoms with E-state index in [4.69, 9.17) is 4.74 Å². The maximum atomic E-state index is 12.3. The number of nitrogens with zero attached hydrogens (tertiary/aromatic N) is 4. The van der Waals surface area contributed by atoms with Crippen LogP contribution in [0.1, 0.15) is 24.4 Å². The van der Waals surface area contributed by atoms with E-state index in [0.717, 1.165) is 16.5 Å². The molecule has 1 saturated carbocycles. The number of hydrogen-bond acceptors (Lipinski definition) is 5. The number of methoxy groups -OCH3 is 1. The predicted molar refractivity (Wildman–Crippen MR) is 88.5 cm³/mol. The van der Waals surface area contributed by atoms with E-state index in [1.54, 1.807) is 18.3 Å². The third kappa shape index (κ3) is 4.04. The van der Waals surface area contributed by atoms with Gasteiger partial charge in [-0.3, -0.25) is 4.79 Å². The minimum absolute atomic E-state index is 0.0724. The lowest BCUT2D eigenvalue weighted by Crippen LogP contribution is -2.27. The summed E-state index contributed by atoms with van der Waals surface area (Å²) in [6.07, 6.45) is 4.11. The Labute approximate surface area is 139 Å². The minimum atomic E-state index is 0.0724. The van der Waals surface area contributed by atoms with Crippen molar-refractivity contribution in [3.8, 4) is 5.75 Å². The molecule has 23 heavy (non-hydrogen) atoms. The summed E-state index contributed by atoms with van der Waals surface area (Å²) < 4.78 is 7.28. The van der Waals surface area contributed by atoms with Gasteiger partial charge in [-0.25, -0.2) is 0 Å². The van der Waals surface area contributed by atoms with Crippen molar-refractivity contribution >= 4 is 17.7 Å². The first kappa shape index (κ1) is 15.9. The van der Waals surface area contributed by atoms with Crippen LogP contribution in [0.3, 0.4) is 0 Å². The van der Waals surface area contributed by atoms with Crippen molar-refractivity contribution in [2.75, 3.05) is 19.9 Å². The van der Waals surface area contributed by atoms with E-state index in [9.17, 15) is 4.79 Å². The van der Waals surface area contributed by atoms with Gasteiger partial charge in [0.05, 0.1) is 12.9 Å². The van der Waals surface area contributed by atoms with Crippen LogP contribution in [0.2, 0.25) is 0 Å². The monoisotopic (exact) mass is 332 g/mol. The zero-order valence-corrected chi connectivity index (χ0v) is 14.1. The molecule has 2 aromatic rings. The van der Waals surface area contributed by atoms with Crippen LogP contribution in [-0.2, 0) is 11.3 Å². The van der Waals surface area contributed by atoms with Gasteiger partial charge < -0.3 is 14.2 Å². The number of aromatic nitrogens is 3. The average molecular weight is 332 g/mol. The molecule has 3 rings (SSSR count). The highest BCUT2D eigenvalue weighted by molar-refractivity contribution is 7.99. The van der Waals surface area contributed by atoms with E-state index in [1.165, 1.54) is 24.6 Å². The quantitative estimate of drug-likeness (QED) is 0.729. The van der Waals surface area contributed by atoms with Gasteiger partial charge in [-0.1, -0.05) is 23.9 Å². The van der Waals surface area contributed by atoms with Crippen molar-refractivity contribution in [2.45, 2.75) is 30.6 Å². The van der Waals surface area contributed by atoms with Crippen LogP contribution in [0.25, 0.3) is 0 Å². The predicted octanol–water partition coefficient (Wildman–Crippen LogP) is 2.37. The number of benzene rings is 1. The molecule has 1 heterocycles. The number of amides is 1. The largest absolute Gasteiger partial charge is 0.497 e. The van der Waals surface area contributed by atoms with Gasteiger partial charge in [0.1, 0.15) is 12.1 Å². The Bertz CT molecular complexity index is 684. The summed E-state index contributed by atoms with van der Waals surface area (Å²) in [5.41, 5.74) is 1.05. The lowest BCUT2D eigenvalue weighted by atomic mass is 10.2. The first-order chi connectivity index (χ1) is 11.2. The first-order valence-corrected chi connectivity index (χ1v) is 8.55. The average Bonchev–Trinajstić information content (AvgIpc) is 3.31. The molecule has 1 aromatic carbocycles. The van der Waals surface area contributed by atoms with Crippen molar-refractivity contribution < 1.29 is 9.53 Å². The fourth-order valence-electron chi connectivity index (χ4n) is 2.31. The van der Waals surface area contributed by atoms with Crippen LogP contribution in [0.4, 0.5) is 0 Å². The van der Waals surface area contributed by atoms with E-state index < -0.39 is 0 Å². The fraction of sp³-hybridized carbons (Fsp3) is 0.438. The van der Waals surface area contributed by atoms with Crippen LogP contribution >= 0.6 is 11.8 Å². The lowest BCUT2D eigenvalue weighted by Gasteiger charge is -2.17. The molecule has 1 amide bonds. The van der Waals surface area contributed by atoms with Gasteiger partial charge in [0.15, 0.2) is 5.16 Å². The van der Waals surface area contributed by atoms with E-state index in [1.807, 2.05) is 31.3 Å². The maximum Gasteiger partial charge on any atom is 0.233 e. The highest BCUT2D eigenvalue weighted by Gasteiger charge is 2.26. The second-order valence-electron chi connectivity index (χ2n) is 5.64. The molecule has 0 bridgehead atoms.